The van der Waals surface area contributed by atoms with Gasteiger partial charge in [0.05, 0.1) is 0 Å². The summed E-state index contributed by atoms with van der Waals surface area (Å²) in [5.74, 6) is 0.601. The fraction of sp³-hybridized carbons (Fsp3) is 0.625. The van der Waals surface area contributed by atoms with Gasteiger partial charge in [-0.15, -0.1) is 0 Å². The number of hydrogen-bond donors (Lipinski definition) is 1. The van der Waals surface area contributed by atoms with E-state index in [2.05, 4.69) is 44.7 Å². The lowest BCUT2D eigenvalue weighted by Gasteiger charge is -2.28. The Morgan fingerprint density at radius 3 is 2.22 bits per heavy atom. The summed E-state index contributed by atoms with van der Waals surface area (Å²) in [5, 5.41) is 0. The molecule has 0 aliphatic rings. The second-order valence-electron chi connectivity index (χ2n) is 5.24. The summed E-state index contributed by atoms with van der Waals surface area (Å²) in [4.78, 5) is 2.56. The lowest BCUT2D eigenvalue weighted by atomic mass is 9.97. The standard InChI is InChI=1S/C16H28N2/c1-5-14(4)18(6-2)12-11-13(3)15-7-9-16(17)10-8-15/h7-10,13-14H,5-6,11-12,17H2,1-4H3. The molecule has 2 unspecified atom stereocenters. The van der Waals surface area contributed by atoms with E-state index >= 15 is 0 Å². The van der Waals surface area contributed by atoms with E-state index in [1.807, 2.05) is 12.1 Å². The molecule has 1 rings (SSSR count). The molecule has 0 radical (unpaired) electrons. The van der Waals surface area contributed by atoms with E-state index in [0.29, 0.717) is 12.0 Å². The molecular weight excluding hydrogens is 220 g/mol. The van der Waals surface area contributed by atoms with Crippen molar-refractivity contribution < 1.29 is 0 Å². The molecule has 0 saturated heterocycles. The van der Waals surface area contributed by atoms with Crippen molar-refractivity contribution in [1.29, 1.82) is 0 Å². The van der Waals surface area contributed by atoms with Crippen LogP contribution >= 0.6 is 0 Å². The van der Waals surface area contributed by atoms with Gasteiger partial charge in [-0.3, -0.25) is 0 Å². The summed E-state index contributed by atoms with van der Waals surface area (Å²) in [7, 11) is 0. The van der Waals surface area contributed by atoms with Crippen molar-refractivity contribution >= 4 is 5.69 Å². The average molecular weight is 248 g/mol. The summed E-state index contributed by atoms with van der Waals surface area (Å²) < 4.78 is 0. The van der Waals surface area contributed by atoms with Crippen molar-refractivity contribution in [2.24, 2.45) is 0 Å². The van der Waals surface area contributed by atoms with E-state index in [1.54, 1.807) is 0 Å². The van der Waals surface area contributed by atoms with Crippen LogP contribution in [0, 0.1) is 0 Å². The predicted octanol–water partition coefficient (Wildman–Crippen LogP) is 3.88. The summed E-state index contributed by atoms with van der Waals surface area (Å²) >= 11 is 0. The van der Waals surface area contributed by atoms with Gasteiger partial charge in [0.25, 0.3) is 0 Å². The molecular formula is C16H28N2. The Labute approximate surface area is 112 Å². The minimum absolute atomic E-state index is 0.601. The zero-order valence-electron chi connectivity index (χ0n) is 12.3. The number of rotatable bonds is 7. The van der Waals surface area contributed by atoms with E-state index in [1.165, 1.54) is 24.9 Å². The van der Waals surface area contributed by atoms with Crippen LogP contribution in [-0.4, -0.2) is 24.0 Å². The molecule has 0 aromatic heterocycles. The van der Waals surface area contributed by atoms with Crippen molar-refractivity contribution in [2.75, 3.05) is 18.8 Å². The molecule has 0 spiro atoms. The highest BCUT2D eigenvalue weighted by Gasteiger charge is 2.12. The minimum Gasteiger partial charge on any atom is -0.399 e. The number of nitrogens with zero attached hydrogens (tertiary/aromatic N) is 1. The van der Waals surface area contributed by atoms with E-state index in [4.69, 9.17) is 5.73 Å². The smallest absolute Gasteiger partial charge is 0.0314 e. The van der Waals surface area contributed by atoms with Gasteiger partial charge in [-0.2, -0.15) is 0 Å². The van der Waals surface area contributed by atoms with Crippen molar-refractivity contribution in [2.45, 2.75) is 52.5 Å². The van der Waals surface area contributed by atoms with Crippen LogP contribution in [0.3, 0.4) is 0 Å². The van der Waals surface area contributed by atoms with Gasteiger partial charge < -0.3 is 10.6 Å². The number of nitrogen functional groups attached to an aromatic ring is 1. The third-order valence-corrected chi connectivity index (χ3v) is 3.98. The molecule has 0 aliphatic carbocycles. The molecule has 1 aromatic rings. The SMILES string of the molecule is CCC(C)N(CC)CCC(C)c1ccc(N)cc1. The predicted molar refractivity (Wildman–Crippen MR) is 80.9 cm³/mol. The van der Waals surface area contributed by atoms with Crippen LogP contribution in [0.2, 0.25) is 0 Å². The van der Waals surface area contributed by atoms with Gasteiger partial charge >= 0.3 is 0 Å². The highest BCUT2D eigenvalue weighted by molar-refractivity contribution is 5.40. The molecule has 2 N–H and O–H groups in total. The first-order chi connectivity index (χ1) is 8.58. The second-order valence-corrected chi connectivity index (χ2v) is 5.24. The van der Waals surface area contributed by atoms with Crippen LogP contribution in [0.15, 0.2) is 24.3 Å². The molecule has 2 atom stereocenters. The Bertz CT molecular complexity index is 331. The van der Waals surface area contributed by atoms with Gasteiger partial charge in [-0.05, 0) is 56.5 Å². The van der Waals surface area contributed by atoms with E-state index in [9.17, 15) is 0 Å². The summed E-state index contributed by atoms with van der Waals surface area (Å²) in [6.07, 6.45) is 2.44. The number of hydrogen-bond acceptors (Lipinski definition) is 2. The van der Waals surface area contributed by atoms with Crippen LogP contribution < -0.4 is 5.73 Å². The normalized spacial score (nSPS) is 14.7. The summed E-state index contributed by atoms with van der Waals surface area (Å²) in [5.41, 5.74) is 7.96. The topological polar surface area (TPSA) is 29.3 Å². The fourth-order valence-corrected chi connectivity index (χ4v) is 2.30. The summed E-state index contributed by atoms with van der Waals surface area (Å²) in [6.45, 7) is 11.4. The monoisotopic (exact) mass is 248 g/mol. The van der Waals surface area contributed by atoms with Crippen LogP contribution in [0.1, 0.15) is 52.0 Å². The third kappa shape index (κ3) is 4.34. The molecule has 102 valence electrons. The van der Waals surface area contributed by atoms with Crippen LogP contribution in [0.25, 0.3) is 0 Å². The maximum atomic E-state index is 5.72. The maximum Gasteiger partial charge on any atom is 0.0314 e. The molecule has 0 saturated carbocycles. The van der Waals surface area contributed by atoms with Gasteiger partial charge in [0.1, 0.15) is 0 Å². The van der Waals surface area contributed by atoms with Gasteiger partial charge in [-0.1, -0.05) is 32.9 Å². The van der Waals surface area contributed by atoms with Gasteiger partial charge in [-0.25, -0.2) is 0 Å². The molecule has 18 heavy (non-hydrogen) atoms. The number of anilines is 1. The molecule has 0 amide bonds. The average Bonchev–Trinajstić information content (AvgIpc) is 2.39. The molecule has 0 fully saturated rings. The molecule has 2 heteroatoms. The van der Waals surface area contributed by atoms with Gasteiger partial charge in [0.2, 0.25) is 0 Å². The molecule has 2 nitrogen and oxygen atoms in total. The zero-order chi connectivity index (χ0) is 13.5. The Morgan fingerprint density at radius 2 is 1.72 bits per heavy atom. The van der Waals surface area contributed by atoms with Gasteiger partial charge in [0.15, 0.2) is 0 Å². The minimum atomic E-state index is 0.601. The van der Waals surface area contributed by atoms with Crippen LogP contribution in [0.5, 0.6) is 0 Å². The third-order valence-electron chi connectivity index (χ3n) is 3.98. The molecule has 1 aromatic carbocycles. The Hall–Kier alpha value is -1.02. The first kappa shape index (κ1) is 15.0. The fourth-order valence-electron chi connectivity index (χ4n) is 2.30. The zero-order valence-corrected chi connectivity index (χ0v) is 12.3. The molecule has 0 heterocycles. The maximum absolute atomic E-state index is 5.72. The van der Waals surface area contributed by atoms with Crippen LogP contribution in [-0.2, 0) is 0 Å². The number of nitrogens with two attached hydrogens (primary N) is 1. The highest BCUT2D eigenvalue weighted by atomic mass is 15.1. The Balaban J connectivity index is 2.49. The number of benzene rings is 1. The Kier molecular flexibility index (Phi) is 6.20. The van der Waals surface area contributed by atoms with E-state index in [-0.39, 0.29) is 0 Å². The lowest BCUT2D eigenvalue weighted by Crippen LogP contribution is -2.33. The van der Waals surface area contributed by atoms with E-state index in [0.717, 1.165) is 12.2 Å². The highest BCUT2D eigenvalue weighted by Crippen LogP contribution is 2.21. The van der Waals surface area contributed by atoms with Crippen molar-refractivity contribution in [3.63, 3.8) is 0 Å². The van der Waals surface area contributed by atoms with Gasteiger partial charge in [0, 0.05) is 11.7 Å². The second kappa shape index (κ2) is 7.42. The van der Waals surface area contributed by atoms with Crippen LogP contribution in [0.4, 0.5) is 5.69 Å². The van der Waals surface area contributed by atoms with Crippen molar-refractivity contribution in [3.8, 4) is 0 Å². The van der Waals surface area contributed by atoms with Crippen molar-refractivity contribution in [3.05, 3.63) is 29.8 Å². The quantitative estimate of drug-likeness (QED) is 0.742. The first-order valence-electron chi connectivity index (χ1n) is 7.17. The Morgan fingerprint density at radius 1 is 1.11 bits per heavy atom. The first-order valence-corrected chi connectivity index (χ1v) is 7.17. The molecule has 0 bridgehead atoms. The van der Waals surface area contributed by atoms with E-state index < -0.39 is 0 Å². The summed E-state index contributed by atoms with van der Waals surface area (Å²) in [6, 6.07) is 8.99. The van der Waals surface area contributed by atoms with Crippen molar-refractivity contribution in [1.82, 2.24) is 4.90 Å². The lowest BCUT2D eigenvalue weighted by molar-refractivity contribution is 0.208. The molecule has 0 aliphatic heterocycles. The largest absolute Gasteiger partial charge is 0.399 e.